The van der Waals surface area contributed by atoms with E-state index in [1.165, 1.54) is 17.7 Å². The van der Waals surface area contributed by atoms with Crippen molar-refractivity contribution in [1.29, 1.82) is 0 Å². The fourth-order valence-electron chi connectivity index (χ4n) is 2.01. The Labute approximate surface area is 120 Å². The minimum atomic E-state index is 0.438. The molecule has 0 spiro atoms. The molecule has 0 fully saturated rings. The monoisotopic (exact) mass is 286 g/mol. The van der Waals surface area contributed by atoms with Crippen LogP contribution in [0.4, 0.5) is 0 Å². The number of hydrogen-bond acceptors (Lipinski definition) is 3. The van der Waals surface area contributed by atoms with Crippen molar-refractivity contribution in [2.45, 2.75) is 25.4 Å². The summed E-state index contributed by atoms with van der Waals surface area (Å²) in [4.78, 5) is 2.31. The number of nitrogens with two attached hydrogens (primary N) is 1. The van der Waals surface area contributed by atoms with Crippen LogP contribution in [0.25, 0.3) is 0 Å². The molecule has 2 N–H and O–H groups in total. The fourth-order valence-corrected chi connectivity index (χ4v) is 2.66. The molecule has 0 aliphatic heterocycles. The second-order valence-corrected chi connectivity index (χ2v) is 5.92. The standard InChI is InChI=1S/C14H23ClN2S/c1-17(13(10-16)7-5-9-18-2)11-12-6-3-4-8-14(12)15/h3-4,6,8,13H,5,7,9-11,16H2,1-2H3. The number of likely N-dealkylation sites (N-methyl/N-ethyl adjacent to an activating group) is 1. The molecule has 0 bridgehead atoms. The number of halogens is 1. The van der Waals surface area contributed by atoms with E-state index in [0.717, 1.165) is 18.0 Å². The van der Waals surface area contributed by atoms with Crippen LogP contribution in [0.3, 0.4) is 0 Å². The second-order valence-electron chi connectivity index (χ2n) is 4.53. The van der Waals surface area contributed by atoms with Gasteiger partial charge in [-0.15, -0.1) is 0 Å². The minimum Gasteiger partial charge on any atom is -0.329 e. The van der Waals surface area contributed by atoms with E-state index in [0.29, 0.717) is 12.6 Å². The molecule has 1 aromatic rings. The normalized spacial score (nSPS) is 12.9. The van der Waals surface area contributed by atoms with Gasteiger partial charge in [-0.1, -0.05) is 29.8 Å². The lowest BCUT2D eigenvalue weighted by molar-refractivity contribution is 0.226. The number of rotatable bonds is 8. The zero-order valence-electron chi connectivity index (χ0n) is 11.2. The summed E-state index contributed by atoms with van der Waals surface area (Å²) in [5.74, 6) is 1.20. The first-order valence-corrected chi connectivity index (χ1v) is 8.09. The SMILES string of the molecule is CSCCCC(CN)N(C)Cc1ccccc1Cl. The Morgan fingerprint density at radius 3 is 2.72 bits per heavy atom. The van der Waals surface area contributed by atoms with Crippen LogP contribution in [0.2, 0.25) is 5.02 Å². The largest absolute Gasteiger partial charge is 0.329 e. The average molecular weight is 287 g/mol. The van der Waals surface area contributed by atoms with Gasteiger partial charge in [0.2, 0.25) is 0 Å². The molecule has 0 aliphatic carbocycles. The maximum absolute atomic E-state index is 6.18. The predicted octanol–water partition coefficient (Wildman–Crippen LogP) is 3.24. The molecule has 1 atom stereocenters. The molecule has 1 aromatic carbocycles. The van der Waals surface area contributed by atoms with Gasteiger partial charge in [0.25, 0.3) is 0 Å². The third kappa shape index (κ3) is 5.19. The number of benzene rings is 1. The van der Waals surface area contributed by atoms with Crippen LogP contribution in [-0.4, -0.2) is 36.5 Å². The molecule has 2 nitrogen and oxygen atoms in total. The summed E-state index contributed by atoms with van der Waals surface area (Å²) in [6.45, 7) is 1.57. The van der Waals surface area contributed by atoms with Crippen molar-refractivity contribution in [3.8, 4) is 0 Å². The summed E-state index contributed by atoms with van der Waals surface area (Å²) in [7, 11) is 2.12. The lowest BCUT2D eigenvalue weighted by atomic mass is 10.1. The zero-order chi connectivity index (χ0) is 13.4. The molecule has 0 saturated carbocycles. The molecule has 0 heterocycles. The fraction of sp³-hybridized carbons (Fsp3) is 0.571. The lowest BCUT2D eigenvalue weighted by Gasteiger charge is -2.27. The van der Waals surface area contributed by atoms with E-state index >= 15 is 0 Å². The van der Waals surface area contributed by atoms with Gasteiger partial charge in [-0.2, -0.15) is 11.8 Å². The Balaban J connectivity index is 2.51. The maximum atomic E-state index is 6.18. The summed E-state index contributed by atoms with van der Waals surface area (Å²) in [5.41, 5.74) is 7.04. The first-order valence-electron chi connectivity index (χ1n) is 6.31. The maximum Gasteiger partial charge on any atom is 0.0451 e. The van der Waals surface area contributed by atoms with Crippen LogP contribution < -0.4 is 5.73 Å². The molecule has 0 radical (unpaired) electrons. The molecular formula is C14H23ClN2S. The Morgan fingerprint density at radius 2 is 2.11 bits per heavy atom. The van der Waals surface area contributed by atoms with Gasteiger partial charge in [-0.05, 0) is 43.5 Å². The van der Waals surface area contributed by atoms with Crippen LogP contribution >= 0.6 is 23.4 Å². The highest BCUT2D eigenvalue weighted by molar-refractivity contribution is 7.98. The third-order valence-electron chi connectivity index (χ3n) is 3.16. The highest BCUT2D eigenvalue weighted by Crippen LogP contribution is 2.18. The summed E-state index contributed by atoms with van der Waals surface area (Å²) >= 11 is 8.07. The van der Waals surface area contributed by atoms with Gasteiger partial charge in [0.1, 0.15) is 0 Å². The number of nitrogens with zero attached hydrogens (tertiary/aromatic N) is 1. The van der Waals surface area contributed by atoms with Crippen LogP contribution in [-0.2, 0) is 6.54 Å². The highest BCUT2D eigenvalue weighted by Gasteiger charge is 2.13. The van der Waals surface area contributed by atoms with Gasteiger partial charge in [-0.3, -0.25) is 4.90 Å². The third-order valence-corrected chi connectivity index (χ3v) is 4.22. The number of thioether (sulfide) groups is 1. The molecule has 18 heavy (non-hydrogen) atoms. The van der Waals surface area contributed by atoms with Crippen LogP contribution in [0.1, 0.15) is 18.4 Å². The van der Waals surface area contributed by atoms with Gasteiger partial charge < -0.3 is 5.73 Å². The summed E-state index contributed by atoms with van der Waals surface area (Å²) in [5, 5.41) is 0.837. The predicted molar refractivity (Wildman–Crippen MR) is 83.4 cm³/mol. The molecule has 1 rings (SSSR count). The van der Waals surface area contributed by atoms with Crippen molar-refractivity contribution >= 4 is 23.4 Å². The Morgan fingerprint density at radius 1 is 1.39 bits per heavy atom. The summed E-state index contributed by atoms with van der Waals surface area (Å²) in [6.07, 6.45) is 4.51. The molecule has 0 aromatic heterocycles. The molecule has 0 amide bonds. The van der Waals surface area contributed by atoms with Gasteiger partial charge in [0.05, 0.1) is 0 Å². The first kappa shape index (κ1) is 15.8. The van der Waals surface area contributed by atoms with E-state index in [2.05, 4.69) is 24.3 Å². The number of hydrogen-bond donors (Lipinski definition) is 1. The molecule has 4 heteroatoms. The van der Waals surface area contributed by atoms with E-state index < -0.39 is 0 Å². The van der Waals surface area contributed by atoms with E-state index in [1.807, 2.05) is 30.0 Å². The topological polar surface area (TPSA) is 29.3 Å². The smallest absolute Gasteiger partial charge is 0.0451 e. The van der Waals surface area contributed by atoms with Crippen LogP contribution in [0.15, 0.2) is 24.3 Å². The van der Waals surface area contributed by atoms with Gasteiger partial charge in [0.15, 0.2) is 0 Å². The van der Waals surface area contributed by atoms with E-state index in [9.17, 15) is 0 Å². The molecule has 102 valence electrons. The molecular weight excluding hydrogens is 264 g/mol. The van der Waals surface area contributed by atoms with Crippen molar-refractivity contribution < 1.29 is 0 Å². The minimum absolute atomic E-state index is 0.438. The Bertz CT molecular complexity index is 346. The molecule has 1 unspecified atom stereocenters. The van der Waals surface area contributed by atoms with E-state index in [4.69, 9.17) is 17.3 Å². The summed E-state index contributed by atoms with van der Waals surface area (Å²) < 4.78 is 0. The van der Waals surface area contributed by atoms with Gasteiger partial charge >= 0.3 is 0 Å². The Kier molecular flexibility index (Phi) is 7.75. The first-order chi connectivity index (χ1) is 8.69. The average Bonchev–Trinajstić information content (AvgIpc) is 2.37. The van der Waals surface area contributed by atoms with Crippen molar-refractivity contribution in [3.63, 3.8) is 0 Å². The van der Waals surface area contributed by atoms with Crippen LogP contribution in [0.5, 0.6) is 0 Å². The molecule has 0 aliphatic rings. The highest BCUT2D eigenvalue weighted by atomic mass is 35.5. The van der Waals surface area contributed by atoms with Gasteiger partial charge in [0, 0.05) is 24.2 Å². The van der Waals surface area contributed by atoms with Crippen molar-refractivity contribution in [2.24, 2.45) is 5.73 Å². The van der Waals surface area contributed by atoms with Crippen molar-refractivity contribution in [3.05, 3.63) is 34.9 Å². The lowest BCUT2D eigenvalue weighted by Crippen LogP contribution is -2.37. The van der Waals surface area contributed by atoms with E-state index in [-0.39, 0.29) is 0 Å². The molecule has 0 saturated heterocycles. The summed E-state index contributed by atoms with van der Waals surface area (Å²) in [6, 6.07) is 8.45. The zero-order valence-corrected chi connectivity index (χ0v) is 12.8. The van der Waals surface area contributed by atoms with Crippen LogP contribution in [0, 0.1) is 0 Å². The van der Waals surface area contributed by atoms with E-state index in [1.54, 1.807) is 0 Å². The van der Waals surface area contributed by atoms with Crippen molar-refractivity contribution in [2.75, 3.05) is 25.6 Å². The Hall–Kier alpha value is -0.220. The quantitative estimate of drug-likeness (QED) is 0.744. The van der Waals surface area contributed by atoms with Gasteiger partial charge in [-0.25, -0.2) is 0 Å². The second kappa shape index (κ2) is 8.81. The van der Waals surface area contributed by atoms with Crippen molar-refractivity contribution in [1.82, 2.24) is 4.90 Å².